The van der Waals surface area contributed by atoms with E-state index in [1.807, 2.05) is 0 Å². The monoisotopic (exact) mass is 290 g/mol. The van der Waals surface area contributed by atoms with Crippen molar-refractivity contribution in [1.29, 1.82) is 0 Å². The maximum atomic E-state index is 12.1. The highest BCUT2D eigenvalue weighted by atomic mass is 16.6. The summed E-state index contributed by atoms with van der Waals surface area (Å²) in [4.78, 5) is 22.5. The molecule has 3 rings (SSSR count). The number of anilines is 1. The lowest BCUT2D eigenvalue weighted by Gasteiger charge is -2.20. The Morgan fingerprint density at radius 3 is 2.81 bits per heavy atom. The number of rotatable bonds is 4. The maximum Gasteiger partial charge on any atom is 0.296 e. The van der Waals surface area contributed by atoms with Crippen molar-refractivity contribution in [2.75, 3.05) is 5.32 Å². The summed E-state index contributed by atoms with van der Waals surface area (Å²) in [5.41, 5.74) is -0.382. The number of carbonyl (C=O) groups excluding carboxylic acids is 1. The number of hydrogen-bond donors (Lipinski definition) is 2. The molecule has 3 unspecified atom stereocenters. The molecule has 2 bridgehead atoms. The topological polar surface area (TPSA) is 92.5 Å². The summed E-state index contributed by atoms with van der Waals surface area (Å²) in [7, 11) is 0. The minimum atomic E-state index is -0.604. The number of nitro benzene ring substituents is 1. The Kier molecular flexibility index (Phi) is 3.53. The molecular formula is C15H18N2O4. The summed E-state index contributed by atoms with van der Waals surface area (Å²) in [5.74, 6) is 1.24. The molecule has 3 atom stereocenters. The first-order valence-electron chi connectivity index (χ1n) is 7.31. The van der Waals surface area contributed by atoms with Crippen LogP contribution in [-0.4, -0.2) is 15.9 Å². The first-order chi connectivity index (χ1) is 10.0. The van der Waals surface area contributed by atoms with Crippen LogP contribution in [0.25, 0.3) is 0 Å². The van der Waals surface area contributed by atoms with E-state index >= 15 is 0 Å². The van der Waals surface area contributed by atoms with Crippen LogP contribution in [0, 0.1) is 27.9 Å². The Balaban J connectivity index is 1.69. The molecule has 1 aromatic rings. The Morgan fingerprint density at radius 1 is 1.38 bits per heavy atom. The number of hydrogen-bond acceptors (Lipinski definition) is 4. The van der Waals surface area contributed by atoms with Crippen LogP contribution in [0.5, 0.6) is 5.75 Å². The van der Waals surface area contributed by atoms with Gasteiger partial charge in [0.25, 0.3) is 5.69 Å². The normalized spacial score (nSPS) is 26.8. The van der Waals surface area contributed by atoms with E-state index in [0.29, 0.717) is 18.3 Å². The Morgan fingerprint density at radius 2 is 2.19 bits per heavy atom. The first kappa shape index (κ1) is 13.9. The Bertz CT molecular complexity index is 587. The maximum absolute atomic E-state index is 12.1. The van der Waals surface area contributed by atoms with Crippen molar-refractivity contribution in [2.45, 2.75) is 32.1 Å². The highest BCUT2D eigenvalue weighted by molar-refractivity contribution is 5.95. The molecule has 21 heavy (non-hydrogen) atoms. The highest BCUT2D eigenvalue weighted by Gasteiger charge is 2.40. The van der Waals surface area contributed by atoms with Gasteiger partial charge in [0.05, 0.1) is 4.92 Å². The van der Waals surface area contributed by atoms with Crippen molar-refractivity contribution in [2.24, 2.45) is 17.8 Å². The van der Waals surface area contributed by atoms with Crippen LogP contribution < -0.4 is 5.32 Å². The van der Waals surface area contributed by atoms with E-state index in [-0.39, 0.29) is 23.0 Å². The Hall–Kier alpha value is -2.11. The lowest BCUT2D eigenvalue weighted by molar-refractivity contribution is -0.384. The number of nitrogens with one attached hydrogen (secondary N) is 1. The van der Waals surface area contributed by atoms with Gasteiger partial charge in [-0.05, 0) is 43.1 Å². The van der Waals surface area contributed by atoms with Gasteiger partial charge < -0.3 is 10.4 Å². The molecule has 1 aromatic carbocycles. The predicted octanol–water partition coefficient (Wildman–Crippen LogP) is 3.07. The summed E-state index contributed by atoms with van der Waals surface area (Å²) < 4.78 is 0. The van der Waals surface area contributed by atoms with Gasteiger partial charge in [-0.2, -0.15) is 0 Å². The number of amides is 1. The second-order valence-electron chi connectivity index (χ2n) is 6.12. The second kappa shape index (κ2) is 5.35. The van der Waals surface area contributed by atoms with E-state index in [1.165, 1.54) is 37.5 Å². The number of aromatic hydroxyl groups is 1. The SMILES string of the molecule is O=C(CC1CC2CCC1C2)Nc1c(O)cccc1[N+](=O)[O-]. The third kappa shape index (κ3) is 2.70. The zero-order valence-electron chi connectivity index (χ0n) is 11.6. The minimum Gasteiger partial charge on any atom is -0.505 e. The summed E-state index contributed by atoms with van der Waals surface area (Å²) in [5, 5.41) is 23.2. The molecule has 6 nitrogen and oxygen atoms in total. The van der Waals surface area contributed by atoms with Crippen molar-refractivity contribution in [1.82, 2.24) is 0 Å². The van der Waals surface area contributed by atoms with Gasteiger partial charge in [0.1, 0.15) is 5.75 Å². The molecule has 2 aliphatic carbocycles. The minimum absolute atomic E-state index is 0.101. The van der Waals surface area contributed by atoms with E-state index in [0.717, 1.165) is 12.3 Å². The van der Waals surface area contributed by atoms with Gasteiger partial charge in [-0.3, -0.25) is 14.9 Å². The molecular weight excluding hydrogens is 272 g/mol. The van der Waals surface area contributed by atoms with Gasteiger partial charge in [-0.1, -0.05) is 12.5 Å². The van der Waals surface area contributed by atoms with E-state index in [1.54, 1.807) is 0 Å². The van der Waals surface area contributed by atoms with Gasteiger partial charge >= 0.3 is 0 Å². The summed E-state index contributed by atoms with van der Waals surface area (Å²) >= 11 is 0. The average molecular weight is 290 g/mol. The lowest BCUT2D eigenvalue weighted by atomic mass is 9.86. The number of phenolic OH excluding ortho intramolecular Hbond substituents is 1. The predicted molar refractivity (Wildman–Crippen MR) is 76.9 cm³/mol. The fourth-order valence-electron chi connectivity index (χ4n) is 3.86. The second-order valence-corrected chi connectivity index (χ2v) is 6.12. The van der Waals surface area contributed by atoms with E-state index < -0.39 is 4.92 Å². The third-order valence-electron chi connectivity index (χ3n) is 4.81. The highest BCUT2D eigenvalue weighted by Crippen LogP contribution is 2.49. The van der Waals surface area contributed by atoms with E-state index in [9.17, 15) is 20.0 Å². The molecule has 0 spiro atoms. The molecule has 1 amide bonds. The molecule has 0 heterocycles. The van der Waals surface area contributed by atoms with Crippen LogP contribution in [0.2, 0.25) is 0 Å². The number of fused-ring (bicyclic) bond motifs is 2. The molecule has 2 N–H and O–H groups in total. The largest absolute Gasteiger partial charge is 0.505 e. The standard InChI is InChI=1S/C15H18N2O4/c18-13-3-1-2-12(17(20)21)15(13)16-14(19)8-11-7-9-4-5-10(11)6-9/h1-3,9-11,18H,4-8H2,(H,16,19). The van der Waals surface area contributed by atoms with E-state index in [2.05, 4.69) is 5.32 Å². The third-order valence-corrected chi connectivity index (χ3v) is 4.81. The van der Waals surface area contributed by atoms with Gasteiger partial charge in [0.15, 0.2) is 5.69 Å². The number of para-hydroxylation sites is 1. The van der Waals surface area contributed by atoms with Crippen LogP contribution in [0.1, 0.15) is 32.1 Å². The number of phenols is 1. The molecule has 112 valence electrons. The van der Waals surface area contributed by atoms with Crippen molar-refractivity contribution < 1.29 is 14.8 Å². The van der Waals surface area contributed by atoms with Gasteiger partial charge in [-0.15, -0.1) is 0 Å². The van der Waals surface area contributed by atoms with Crippen molar-refractivity contribution in [3.8, 4) is 5.75 Å². The molecule has 6 heteroatoms. The number of nitrogens with zero attached hydrogens (tertiary/aromatic N) is 1. The zero-order valence-corrected chi connectivity index (χ0v) is 11.6. The number of carbonyl (C=O) groups is 1. The fourth-order valence-corrected chi connectivity index (χ4v) is 3.86. The molecule has 2 saturated carbocycles. The molecule has 2 aliphatic rings. The zero-order chi connectivity index (χ0) is 15.0. The van der Waals surface area contributed by atoms with Crippen LogP contribution in [0.4, 0.5) is 11.4 Å². The summed E-state index contributed by atoms with van der Waals surface area (Å²) in [6, 6.07) is 3.99. The quantitative estimate of drug-likeness (QED) is 0.506. The first-order valence-corrected chi connectivity index (χ1v) is 7.31. The molecule has 0 aromatic heterocycles. The molecule has 0 aliphatic heterocycles. The van der Waals surface area contributed by atoms with Crippen LogP contribution in [0.15, 0.2) is 18.2 Å². The lowest BCUT2D eigenvalue weighted by Crippen LogP contribution is -2.20. The summed E-state index contributed by atoms with van der Waals surface area (Å²) in [6.07, 6.45) is 5.15. The average Bonchev–Trinajstić information content (AvgIpc) is 3.03. The smallest absolute Gasteiger partial charge is 0.296 e. The molecule has 2 fully saturated rings. The van der Waals surface area contributed by atoms with Gasteiger partial charge in [0, 0.05) is 12.5 Å². The fraction of sp³-hybridized carbons (Fsp3) is 0.533. The Labute approximate surface area is 122 Å². The molecule has 0 saturated heterocycles. The number of benzene rings is 1. The summed E-state index contributed by atoms with van der Waals surface area (Å²) in [6.45, 7) is 0. The number of nitro groups is 1. The van der Waals surface area contributed by atoms with Crippen LogP contribution in [-0.2, 0) is 4.79 Å². The van der Waals surface area contributed by atoms with Crippen LogP contribution in [0.3, 0.4) is 0 Å². The molecule has 0 radical (unpaired) electrons. The van der Waals surface area contributed by atoms with Gasteiger partial charge in [0.2, 0.25) is 5.91 Å². The van der Waals surface area contributed by atoms with Crippen molar-refractivity contribution in [3.05, 3.63) is 28.3 Å². The van der Waals surface area contributed by atoms with Crippen LogP contribution >= 0.6 is 0 Å². The van der Waals surface area contributed by atoms with Crippen molar-refractivity contribution in [3.63, 3.8) is 0 Å². The van der Waals surface area contributed by atoms with Gasteiger partial charge in [-0.25, -0.2) is 0 Å². The van der Waals surface area contributed by atoms with E-state index in [4.69, 9.17) is 0 Å². The van der Waals surface area contributed by atoms with Crippen molar-refractivity contribution >= 4 is 17.3 Å².